The number of hydrogen-bond acceptors (Lipinski definition) is 5. The zero-order chi connectivity index (χ0) is 12.0. The van der Waals surface area contributed by atoms with Gasteiger partial charge < -0.3 is 14.5 Å². The van der Waals surface area contributed by atoms with Gasteiger partial charge in [-0.05, 0) is 13.8 Å². The maximum atomic E-state index is 11.2. The molecule has 0 radical (unpaired) electrons. The molecule has 1 rings (SSSR count). The number of nitrogens with one attached hydrogen (secondary N) is 2. The molecule has 1 aromatic heterocycles. The molecule has 0 spiro atoms. The second-order valence-electron chi connectivity index (χ2n) is 2.71. The van der Waals surface area contributed by atoms with Gasteiger partial charge in [0.15, 0.2) is 0 Å². The van der Waals surface area contributed by atoms with Crippen molar-refractivity contribution in [2.24, 2.45) is 0 Å². The van der Waals surface area contributed by atoms with Crippen molar-refractivity contribution in [2.75, 3.05) is 18.5 Å². The van der Waals surface area contributed by atoms with Crippen molar-refractivity contribution in [2.45, 2.75) is 13.8 Å². The van der Waals surface area contributed by atoms with Crippen LogP contribution >= 0.6 is 0 Å². The first-order valence-corrected chi connectivity index (χ1v) is 4.83. The predicted octanol–water partition coefficient (Wildman–Crippen LogP) is 1.15. The average molecular weight is 227 g/mol. The summed E-state index contributed by atoms with van der Waals surface area (Å²) in [6.07, 6.45) is 0.699. The quantitative estimate of drug-likeness (QED) is 0.752. The number of H-pyrrole nitrogens is 1. The summed E-state index contributed by atoms with van der Waals surface area (Å²) >= 11 is 0. The van der Waals surface area contributed by atoms with Gasteiger partial charge in [0.25, 0.3) is 0 Å². The van der Waals surface area contributed by atoms with Crippen LogP contribution in [0, 0.1) is 0 Å². The Morgan fingerprint density at radius 3 is 2.69 bits per heavy atom. The third-order valence-electron chi connectivity index (χ3n) is 1.56. The van der Waals surface area contributed by atoms with Crippen molar-refractivity contribution in [3.8, 4) is 0 Å². The summed E-state index contributed by atoms with van der Waals surface area (Å²) in [7, 11) is 0. The number of carbonyl (C=O) groups is 2. The molecule has 0 saturated carbocycles. The van der Waals surface area contributed by atoms with Crippen molar-refractivity contribution in [1.82, 2.24) is 9.97 Å². The largest absolute Gasteiger partial charge is 0.460 e. The number of hydrogen-bond donors (Lipinski definition) is 2. The van der Waals surface area contributed by atoms with Crippen molar-refractivity contribution in [1.29, 1.82) is 0 Å². The fourth-order valence-corrected chi connectivity index (χ4v) is 0.965. The van der Waals surface area contributed by atoms with E-state index in [4.69, 9.17) is 4.74 Å². The minimum absolute atomic E-state index is 0.0358. The van der Waals surface area contributed by atoms with Gasteiger partial charge >= 0.3 is 12.1 Å². The first kappa shape index (κ1) is 12.0. The number of anilines is 1. The summed E-state index contributed by atoms with van der Waals surface area (Å²) in [6.45, 7) is 3.92. The minimum Gasteiger partial charge on any atom is -0.460 e. The third-order valence-corrected chi connectivity index (χ3v) is 1.56. The smallest absolute Gasteiger partial charge is 0.412 e. The van der Waals surface area contributed by atoms with E-state index in [-0.39, 0.29) is 24.9 Å². The van der Waals surface area contributed by atoms with Crippen LogP contribution in [0.25, 0.3) is 0 Å². The zero-order valence-corrected chi connectivity index (χ0v) is 9.07. The Kier molecular flexibility index (Phi) is 4.31. The molecule has 0 aromatic carbocycles. The van der Waals surface area contributed by atoms with Crippen molar-refractivity contribution >= 4 is 17.9 Å². The molecule has 2 N–H and O–H groups in total. The molecule has 0 atom stereocenters. The molecule has 7 heteroatoms. The summed E-state index contributed by atoms with van der Waals surface area (Å²) in [4.78, 5) is 28.6. The number of aromatic nitrogens is 2. The number of carbonyl (C=O) groups excluding carboxylic acids is 2. The second kappa shape index (κ2) is 5.74. The number of imidazole rings is 1. The van der Waals surface area contributed by atoms with E-state index in [0.717, 1.165) is 0 Å². The number of esters is 1. The summed E-state index contributed by atoms with van der Waals surface area (Å²) in [6, 6.07) is 0. The average Bonchev–Trinajstić information content (AvgIpc) is 2.67. The van der Waals surface area contributed by atoms with Crippen LogP contribution in [-0.2, 0) is 9.47 Å². The number of rotatable bonds is 4. The minimum atomic E-state index is -0.610. The molecule has 1 aromatic rings. The lowest BCUT2D eigenvalue weighted by atomic mass is 10.6. The van der Waals surface area contributed by atoms with Gasteiger partial charge in [-0.25, -0.2) is 14.6 Å². The molecule has 88 valence electrons. The highest BCUT2D eigenvalue weighted by Crippen LogP contribution is 2.04. The standard InChI is InChI=1S/C9H13N3O4/c1-3-15-8(13)7-10-5-6(11-7)12-9(14)16-4-2/h5H,3-4H2,1-2H3,(H,10,11)(H,12,14). The van der Waals surface area contributed by atoms with Crippen LogP contribution in [0.3, 0.4) is 0 Å². The van der Waals surface area contributed by atoms with E-state index in [1.54, 1.807) is 13.8 Å². The monoisotopic (exact) mass is 227 g/mol. The van der Waals surface area contributed by atoms with Crippen molar-refractivity contribution in [3.05, 3.63) is 12.0 Å². The highest BCUT2D eigenvalue weighted by Gasteiger charge is 2.12. The third kappa shape index (κ3) is 3.26. The van der Waals surface area contributed by atoms with Crippen LogP contribution in [0.4, 0.5) is 10.6 Å². The van der Waals surface area contributed by atoms with Gasteiger partial charge in [0.1, 0.15) is 5.82 Å². The van der Waals surface area contributed by atoms with Crippen LogP contribution in [-0.4, -0.2) is 35.2 Å². The van der Waals surface area contributed by atoms with Crippen molar-refractivity contribution in [3.63, 3.8) is 0 Å². The molecule has 0 aliphatic heterocycles. The van der Waals surface area contributed by atoms with Crippen LogP contribution in [0.2, 0.25) is 0 Å². The molecule has 1 heterocycles. The topological polar surface area (TPSA) is 93.3 Å². The van der Waals surface area contributed by atoms with Gasteiger partial charge in [0.05, 0.1) is 19.4 Å². The number of aromatic amines is 1. The van der Waals surface area contributed by atoms with E-state index in [1.807, 2.05) is 0 Å². The van der Waals surface area contributed by atoms with Gasteiger partial charge in [-0.15, -0.1) is 0 Å². The Morgan fingerprint density at radius 2 is 2.06 bits per heavy atom. The molecular formula is C9H13N3O4. The lowest BCUT2D eigenvalue weighted by Crippen LogP contribution is -2.13. The molecule has 0 fully saturated rings. The highest BCUT2D eigenvalue weighted by atomic mass is 16.5. The predicted molar refractivity (Wildman–Crippen MR) is 55.2 cm³/mol. The van der Waals surface area contributed by atoms with Crippen LogP contribution in [0.5, 0.6) is 0 Å². The molecule has 7 nitrogen and oxygen atoms in total. The van der Waals surface area contributed by atoms with Crippen LogP contribution < -0.4 is 5.32 Å². The summed E-state index contributed by atoms with van der Waals surface area (Å²) in [5.41, 5.74) is 0. The van der Waals surface area contributed by atoms with E-state index >= 15 is 0 Å². The van der Waals surface area contributed by atoms with Gasteiger partial charge in [-0.3, -0.25) is 5.32 Å². The first-order chi connectivity index (χ1) is 7.67. The molecule has 1 amide bonds. The normalized spacial score (nSPS) is 9.62. The van der Waals surface area contributed by atoms with Crippen LogP contribution in [0.15, 0.2) is 6.20 Å². The van der Waals surface area contributed by atoms with Gasteiger partial charge in [0, 0.05) is 0 Å². The van der Waals surface area contributed by atoms with Crippen LogP contribution in [0.1, 0.15) is 24.5 Å². The lowest BCUT2D eigenvalue weighted by molar-refractivity contribution is 0.0513. The second-order valence-corrected chi connectivity index (χ2v) is 2.71. The Morgan fingerprint density at radius 1 is 1.38 bits per heavy atom. The maximum Gasteiger partial charge on any atom is 0.412 e. The first-order valence-electron chi connectivity index (χ1n) is 4.83. The molecule has 0 unspecified atom stereocenters. The molecule has 0 saturated heterocycles. The highest BCUT2D eigenvalue weighted by molar-refractivity contribution is 5.88. The fourth-order valence-electron chi connectivity index (χ4n) is 0.965. The molecule has 0 aliphatic carbocycles. The summed E-state index contributed by atoms with van der Waals surface area (Å²) in [5, 5.41) is 2.37. The Hall–Kier alpha value is -2.05. The van der Waals surface area contributed by atoms with E-state index < -0.39 is 12.1 Å². The SMILES string of the molecule is CCOC(=O)Nc1cnc(C(=O)OCC)[nH]1. The van der Waals surface area contributed by atoms with E-state index in [0.29, 0.717) is 0 Å². The Balaban J connectivity index is 2.57. The van der Waals surface area contributed by atoms with Gasteiger partial charge in [-0.1, -0.05) is 0 Å². The number of amides is 1. The number of ether oxygens (including phenoxy) is 2. The van der Waals surface area contributed by atoms with Crippen molar-refractivity contribution < 1.29 is 19.1 Å². The Bertz CT molecular complexity index is 375. The molecule has 16 heavy (non-hydrogen) atoms. The van der Waals surface area contributed by atoms with E-state index in [9.17, 15) is 9.59 Å². The zero-order valence-electron chi connectivity index (χ0n) is 9.07. The lowest BCUT2D eigenvalue weighted by Gasteiger charge is -2.01. The molecule has 0 bridgehead atoms. The van der Waals surface area contributed by atoms with E-state index in [1.165, 1.54) is 6.20 Å². The van der Waals surface area contributed by atoms with E-state index in [2.05, 4.69) is 20.0 Å². The van der Waals surface area contributed by atoms with Gasteiger partial charge in [0.2, 0.25) is 5.82 Å². The Labute approximate surface area is 92.1 Å². The number of nitrogens with zero attached hydrogens (tertiary/aromatic N) is 1. The molecule has 0 aliphatic rings. The molecular weight excluding hydrogens is 214 g/mol. The fraction of sp³-hybridized carbons (Fsp3) is 0.444. The summed E-state index contributed by atoms with van der Waals surface area (Å²) in [5.74, 6) is -0.255. The maximum absolute atomic E-state index is 11.2. The van der Waals surface area contributed by atoms with Gasteiger partial charge in [-0.2, -0.15) is 0 Å². The summed E-state index contributed by atoms with van der Waals surface area (Å²) < 4.78 is 9.37.